The van der Waals surface area contributed by atoms with Gasteiger partial charge in [-0.3, -0.25) is 0 Å². The van der Waals surface area contributed by atoms with Crippen LogP contribution in [0.2, 0.25) is 0 Å². The molecule has 0 fully saturated rings. The third-order valence-corrected chi connectivity index (χ3v) is 4.31. The first-order valence-electron chi connectivity index (χ1n) is 7.94. The van der Waals surface area contributed by atoms with Crippen LogP contribution in [-0.2, 0) is 0 Å². The fourth-order valence-corrected chi connectivity index (χ4v) is 3.16. The lowest BCUT2D eigenvalue weighted by Gasteiger charge is -2.08. The molecule has 0 saturated heterocycles. The third kappa shape index (κ3) is 2.45. The minimum atomic E-state index is 0.677. The molecule has 0 saturated carbocycles. The van der Waals surface area contributed by atoms with E-state index in [-0.39, 0.29) is 0 Å². The zero-order valence-electron chi connectivity index (χ0n) is 13.1. The lowest BCUT2D eigenvalue weighted by Crippen LogP contribution is -1.85. The zero-order valence-corrected chi connectivity index (χ0v) is 13.1. The third-order valence-electron chi connectivity index (χ3n) is 4.31. The van der Waals surface area contributed by atoms with E-state index in [9.17, 15) is 5.26 Å². The summed E-state index contributed by atoms with van der Waals surface area (Å²) in [6, 6.07) is 31.1. The summed E-state index contributed by atoms with van der Waals surface area (Å²) in [5.41, 5.74) is 2.69. The van der Waals surface area contributed by atoms with Gasteiger partial charge < -0.3 is 0 Å². The van der Waals surface area contributed by atoms with E-state index in [1.54, 1.807) is 0 Å². The Kier molecular flexibility index (Phi) is 3.57. The number of allylic oxidation sites excluding steroid dienone is 1. The van der Waals surface area contributed by atoms with Crippen LogP contribution < -0.4 is 0 Å². The van der Waals surface area contributed by atoms with Gasteiger partial charge in [-0.15, -0.1) is 0 Å². The number of benzene rings is 4. The lowest BCUT2D eigenvalue weighted by atomic mass is 9.95. The molecule has 4 aromatic carbocycles. The van der Waals surface area contributed by atoms with Gasteiger partial charge in [0, 0.05) is 0 Å². The van der Waals surface area contributed by atoms with Gasteiger partial charge in [0.05, 0.1) is 11.6 Å². The molecule has 0 amide bonds. The fourth-order valence-electron chi connectivity index (χ4n) is 3.16. The second-order valence-corrected chi connectivity index (χ2v) is 5.77. The molecule has 0 unspecified atom stereocenters. The smallest absolute Gasteiger partial charge is 0.0998 e. The maximum Gasteiger partial charge on any atom is 0.0998 e. The Morgan fingerprint density at radius 1 is 0.708 bits per heavy atom. The molecule has 112 valence electrons. The van der Waals surface area contributed by atoms with Gasteiger partial charge in [0.1, 0.15) is 0 Å². The minimum Gasteiger partial charge on any atom is -0.192 e. The van der Waals surface area contributed by atoms with Crippen LogP contribution in [0.15, 0.2) is 84.9 Å². The van der Waals surface area contributed by atoms with Crippen LogP contribution in [-0.4, -0.2) is 0 Å². The minimum absolute atomic E-state index is 0.677. The molecule has 0 heterocycles. The standard InChI is InChI=1S/C23H15N/c24-16-20(17-8-2-1-3-9-17)15-19-14-18-10-4-5-11-21(18)23-13-7-6-12-22(19)23/h1-15H/b20-15+. The molecule has 0 aromatic heterocycles. The van der Waals surface area contributed by atoms with Gasteiger partial charge in [-0.1, -0.05) is 78.9 Å². The highest BCUT2D eigenvalue weighted by Crippen LogP contribution is 2.31. The molecule has 1 heteroatoms. The monoisotopic (exact) mass is 305 g/mol. The van der Waals surface area contributed by atoms with Crippen LogP contribution in [0.3, 0.4) is 0 Å². The summed E-state index contributed by atoms with van der Waals surface area (Å²) in [4.78, 5) is 0. The zero-order chi connectivity index (χ0) is 16.4. The number of hydrogen-bond donors (Lipinski definition) is 0. The molecule has 0 radical (unpaired) electrons. The van der Waals surface area contributed by atoms with Crippen molar-refractivity contribution in [2.45, 2.75) is 0 Å². The molecule has 0 aliphatic carbocycles. The van der Waals surface area contributed by atoms with E-state index in [0.717, 1.165) is 11.1 Å². The molecule has 4 aromatic rings. The largest absolute Gasteiger partial charge is 0.192 e. The molecule has 0 N–H and O–H groups in total. The van der Waals surface area contributed by atoms with Crippen molar-refractivity contribution in [3.63, 3.8) is 0 Å². The molecular weight excluding hydrogens is 290 g/mol. The highest BCUT2D eigenvalue weighted by atomic mass is 14.2. The maximum atomic E-state index is 9.61. The summed E-state index contributed by atoms with van der Waals surface area (Å²) in [6.07, 6.45) is 1.99. The summed E-state index contributed by atoms with van der Waals surface area (Å²) >= 11 is 0. The number of hydrogen-bond acceptors (Lipinski definition) is 1. The predicted octanol–water partition coefficient (Wildman–Crippen LogP) is 6.06. The van der Waals surface area contributed by atoms with E-state index in [4.69, 9.17) is 0 Å². The van der Waals surface area contributed by atoms with Gasteiger partial charge in [0.25, 0.3) is 0 Å². The second kappa shape index (κ2) is 6.02. The van der Waals surface area contributed by atoms with Gasteiger partial charge >= 0.3 is 0 Å². The summed E-state index contributed by atoms with van der Waals surface area (Å²) in [6.45, 7) is 0. The Morgan fingerprint density at radius 2 is 1.33 bits per heavy atom. The maximum absolute atomic E-state index is 9.61. The van der Waals surface area contributed by atoms with Gasteiger partial charge in [-0.05, 0) is 44.8 Å². The molecule has 0 spiro atoms. The van der Waals surface area contributed by atoms with Crippen molar-refractivity contribution in [1.82, 2.24) is 0 Å². The van der Waals surface area contributed by atoms with Gasteiger partial charge in [-0.25, -0.2) is 0 Å². The number of fused-ring (bicyclic) bond motifs is 3. The summed E-state index contributed by atoms with van der Waals surface area (Å²) in [7, 11) is 0. The van der Waals surface area contributed by atoms with E-state index in [1.165, 1.54) is 21.5 Å². The SMILES string of the molecule is N#C/C(=C\c1cc2ccccc2c2ccccc12)c1ccccc1. The Balaban J connectivity index is 2.02. The van der Waals surface area contributed by atoms with Crippen molar-refractivity contribution < 1.29 is 0 Å². The first-order chi connectivity index (χ1) is 11.9. The lowest BCUT2D eigenvalue weighted by molar-refractivity contribution is 1.52. The van der Waals surface area contributed by atoms with Crippen LogP contribution in [0.5, 0.6) is 0 Å². The van der Waals surface area contributed by atoms with Crippen molar-refractivity contribution in [1.29, 1.82) is 5.26 Å². The highest BCUT2D eigenvalue weighted by Gasteiger charge is 2.06. The molecule has 0 aliphatic rings. The molecule has 4 rings (SSSR count). The van der Waals surface area contributed by atoms with Gasteiger partial charge in [0.2, 0.25) is 0 Å². The van der Waals surface area contributed by atoms with E-state index in [1.807, 2.05) is 48.5 Å². The average molecular weight is 305 g/mol. The predicted molar refractivity (Wildman–Crippen MR) is 101 cm³/mol. The number of rotatable bonds is 2. The quantitative estimate of drug-likeness (QED) is 0.251. The van der Waals surface area contributed by atoms with Gasteiger partial charge in [-0.2, -0.15) is 5.26 Å². The molecular formula is C23H15N. The molecule has 0 bridgehead atoms. The van der Waals surface area contributed by atoms with Gasteiger partial charge in [0.15, 0.2) is 0 Å². The Hall–Kier alpha value is -3.37. The topological polar surface area (TPSA) is 23.8 Å². The van der Waals surface area contributed by atoms with Crippen molar-refractivity contribution in [3.05, 3.63) is 96.1 Å². The molecule has 0 atom stereocenters. The van der Waals surface area contributed by atoms with E-state index >= 15 is 0 Å². The number of nitrogens with zero attached hydrogens (tertiary/aromatic N) is 1. The number of nitriles is 1. The van der Waals surface area contributed by atoms with Crippen LogP contribution in [0.1, 0.15) is 11.1 Å². The Bertz CT molecular complexity index is 1100. The molecule has 24 heavy (non-hydrogen) atoms. The van der Waals surface area contributed by atoms with Crippen molar-refractivity contribution in [2.75, 3.05) is 0 Å². The van der Waals surface area contributed by atoms with Crippen molar-refractivity contribution in [3.8, 4) is 6.07 Å². The fraction of sp³-hybridized carbons (Fsp3) is 0. The Morgan fingerprint density at radius 3 is 2.08 bits per heavy atom. The van der Waals surface area contributed by atoms with E-state index in [0.29, 0.717) is 5.57 Å². The average Bonchev–Trinajstić information content (AvgIpc) is 2.66. The first kappa shape index (κ1) is 14.2. The van der Waals surface area contributed by atoms with Crippen LogP contribution in [0, 0.1) is 11.3 Å². The first-order valence-corrected chi connectivity index (χ1v) is 7.94. The summed E-state index contributed by atoms with van der Waals surface area (Å²) in [5, 5.41) is 14.4. The Labute approximate surface area is 141 Å². The van der Waals surface area contributed by atoms with Crippen LogP contribution in [0.4, 0.5) is 0 Å². The molecule has 1 nitrogen and oxygen atoms in total. The highest BCUT2D eigenvalue weighted by molar-refractivity contribution is 6.12. The summed E-state index contributed by atoms with van der Waals surface area (Å²) in [5.74, 6) is 0. The van der Waals surface area contributed by atoms with Crippen LogP contribution >= 0.6 is 0 Å². The van der Waals surface area contributed by atoms with Crippen molar-refractivity contribution in [2.24, 2.45) is 0 Å². The normalized spacial score (nSPS) is 11.5. The van der Waals surface area contributed by atoms with E-state index in [2.05, 4.69) is 48.5 Å². The second-order valence-electron chi connectivity index (χ2n) is 5.77. The van der Waals surface area contributed by atoms with E-state index < -0.39 is 0 Å². The summed E-state index contributed by atoms with van der Waals surface area (Å²) < 4.78 is 0. The molecule has 0 aliphatic heterocycles. The van der Waals surface area contributed by atoms with Crippen LogP contribution in [0.25, 0.3) is 33.2 Å². The van der Waals surface area contributed by atoms with Crippen molar-refractivity contribution >= 4 is 33.2 Å².